The number of amides is 1. The summed E-state index contributed by atoms with van der Waals surface area (Å²) in [6.07, 6.45) is 4.42. The zero-order valence-corrected chi connectivity index (χ0v) is 12.8. The van der Waals surface area contributed by atoms with E-state index in [0.717, 1.165) is 19.3 Å². The van der Waals surface area contributed by atoms with Crippen molar-refractivity contribution in [3.63, 3.8) is 0 Å². The molecule has 0 bridgehead atoms. The molecule has 0 aromatic heterocycles. The second-order valence-electron chi connectivity index (χ2n) is 5.85. The Hall–Kier alpha value is -1.35. The maximum atomic E-state index is 12.1. The first-order valence-electron chi connectivity index (χ1n) is 7.76. The molecule has 0 saturated carbocycles. The minimum Gasteiger partial charge on any atom is -0.352 e. The van der Waals surface area contributed by atoms with Gasteiger partial charge in [0.2, 0.25) is 5.91 Å². The van der Waals surface area contributed by atoms with Gasteiger partial charge in [-0.05, 0) is 50.7 Å². The molecular formula is C17H26N2O. The molecule has 0 spiro atoms. The quantitative estimate of drug-likeness (QED) is 0.866. The predicted octanol–water partition coefficient (Wildman–Crippen LogP) is 2.96. The summed E-state index contributed by atoms with van der Waals surface area (Å²) in [5, 5.41) is 6.53. The Bertz CT molecular complexity index is 458. The molecule has 20 heavy (non-hydrogen) atoms. The van der Waals surface area contributed by atoms with Crippen LogP contribution < -0.4 is 10.6 Å². The summed E-state index contributed by atoms with van der Waals surface area (Å²) in [7, 11) is 0. The molecular weight excluding hydrogens is 248 g/mol. The normalized spacial score (nSPS) is 20.9. The Morgan fingerprint density at radius 1 is 1.35 bits per heavy atom. The first kappa shape index (κ1) is 15.0. The number of aryl methyl sites for hydroxylation is 1. The summed E-state index contributed by atoms with van der Waals surface area (Å²) >= 11 is 0. The van der Waals surface area contributed by atoms with Crippen LogP contribution in [0, 0.1) is 0 Å². The number of hydrogen-bond donors (Lipinski definition) is 2. The summed E-state index contributed by atoms with van der Waals surface area (Å²) in [5.41, 5.74) is 2.78. The molecule has 3 unspecified atom stereocenters. The zero-order chi connectivity index (χ0) is 14.5. The molecule has 0 radical (unpaired) electrons. The second kappa shape index (κ2) is 6.89. The van der Waals surface area contributed by atoms with E-state index in [1.54, 1.807) is 0 Å². The van der Waals surface area contributed by atoms with Crippen molar-refractivity contribution in [2.75, 3.05) is 0 Å². The third-order valence-corrected chi connectivity index (χ3v) is 4.21. The van der Waals surface area contributed by atoms with Gasteiger partial charge < -0.3 is 5.32 Å². The molecule has 1 aromatic rings. The van der Waals surface area contributed by atoms with E-state index in [9.17, 15) is 4.79 Å². The van der Waals surface area contributed by atoms with Crippen molar-refractivity contribution in [1.82, 2.24) is 10.6 Å². The van der Waals surface area contributed by atoms with Crippen LogP contribution in [0.3, 0.4) is 0 Å². The maximum absolute atomic E-state index is 12.1. The Balaban J connectivity index is 1.98. The van der Waals surface area contributed by atoms with Crippen molar-refractivity contribution in [3.8, 4) is 0 Å². The van der Waals surface area contributed by atoms with Crippen LogP contribution >= 0.6 is 0 Å². The molecule has 3 atom stereocenters. The van der Waals surface area contributed by atoms with Gasteiger partial charge in [-0.15, -0.1) is 0 Å². The minimum atomic E-state index is -0.153. The van der Waals surface area contributed by atoms with Crippen molar-refractivity contribution < 1.29 is 4.79 Å². The Morgan fingerprint density at radius 3 is 2.85 bits per heavy atom. The standard InChI is InChI=1S/C17H26N2O/c1-4-12(2)18-17(20)13(3)19-16-11-7-9-14-8-5-6-10-15(14)16/h5-6,8,10,12-13,16,19H,4,7,9,11H2,1-3H3,(H,18,20). The average Bonchev–Trinajstić information content (AvgIpc) is 2.47. The largest absolute Gasteiger partial charge is 0.352 e. The van der Waals surface area contributed by atoms with Gasteiger partial charge in [-0.1, -0.05) is 31.2 Å². The summed E-state index contributed by atoms with van der Waals surface area (Å²) < 4.78 is 0. The fourth-order valence-corrected chi connectivity index (χ4v) is 2.77. The molecule has 0 aliphatic heterocycles. The molecule has 1 amide bonds. The van der Waals surface area contributed by atoms with Crippen LogP contribution in [0.4, 0.5) is 0 Å². The highest BCUT2D eigenvalue weighted by atomic mass is 16.2. The first-order valence-corrected chi connectivity index (χ1v) is 7.76. The van der Waals surface area contributed by atoms with E-state index in [4.69, 9.17) is 0 Å². The lowest BCUT2D eigenvalue weighted by Gasteiger charge is -2.29. The smallest absolute Gasteiger partial charge is 0.237 e. The van der Waals surface area contributed by atoms with Gasteiger partial charge in [0.15, 0.2) is 0 Å². The molecule has 0 heterocycles. The maximum Gasteiger partial charge on any atom is 0.237 e. The van der Waals surface area contributed by atoms with E-state index in [1.165, 1.54) is 17.5 Å². The highest BCUT2D eigenvalue weighted by molar-refractivity contribution is 5.81. The fourth-order valence-electron chi connectivity index (χ4n) is 2.77. The molecule has 1 aliphatic carbocycles. The van der Waals surface area contributed by atoms with Crippen LogP contribution in [0.15, 0.2) is 24.3 Å². The van der Waals surface area contributed by atoms with E-state index in [2.05, 4.69) is 41.8 Å². The number of fused-ring (bicyclic) bond motifs is 1. The van der Waals surface area contributed by atoms with Gasteiger partial charge in [0.05, 0.1) is 6.04 Å². The lowest BCUT2D eigenvalue weighted by atomic mass is 9.87. The molecule has 0 fully saturated rings. The topological polar surface area (TPSA) is 41.1 Å². The number of benzene rings is 1. The van der Waals surface area contributed by atoms with Crippen molar-refractivity contribution in [1.29, 1.82) is 0 Å². The summed E-state index contributed by atoms with van der Waals surface area (Å²) in [6, 6.07) is 8.96. The van der Waals surface area contributed by atoms with Gasteiger partial charge in [0.1, 0.15) is 0 Å². The third kappa shape index (κ3) is 3.60. The SMILES string of the molecule is CCC(C)NC(=O)C(C)NC1CCCc2ccccc21. The number of carbonyl (C=O) groups excluding carboxylic acids is 1. The van der Waals surface area contributed by atoms with Crippen molar-refractivity contribution in [2.24, 2.45) is 0 Å². The number of hydrogen-bond acceptors (Lipinski definition) is 2. The lowest BCUT2D eigenvalue weighted by Crippen LogP contribution is -2.46. The zero-order valence-electron chi connectivity index (χ0n) is 12.8. The highest BCUT2D eigenvalue weighted by Gasteiger charge is 2.23. The molecule has 110 valence electrons. The van der Waals surface area contributed by atoms with Crippen LogP contribution in [0.5, 0.6) is 0 Å². The lowest BCUT2D eigenvalue weighted by molar-refractivity contribution is -0.123. The molecule has 3 nitrogen and oxygen atoms in total. The molecule has 1 aromatic carbocycles. The fraction of sp³-hybridized carbons (Fsp3) is 0.588. The Labute approximate surface area is 122 Å². The summed E-state index contributed by atoms with van der Waals surface area (Å²) in [5.74, 6) is 0.0994. The van der Waals surface area contributed by atoms with Crippen LogP contribution in [0.2, 0.25) is 0 Å². The van der Waals surface area contributed by atoms with Gasteiger partial charge >= 0.3 is 0 Å². The molecule has 2 N–H and O–H groups in total. The van der Waals surface area contributed by atoms with Gasteiger partial charge in [0.25, 0.3) is 0 Å². The van der Waals surface area contributed by atoms with Crippen LogP contribution in [-0.2, 0) is 11.2 Å². The third-order valence-electron chi connectivity index (χ3n) is 4.21. The van der Waals surface area contributed by atoms with Crippen LogP contribution in [-0.4, -0.2) is 18.0 Å². The average molecular weight is 274 g/mol. The summed E-state index contributed by atoms with van der Waals surface area (Å²) in [4.78, 5) is 12.1. The van der Waals surface area contributed by atoms with Crippen LogP contribution in [0.25, 0.3) is 0 Å². The van der Waals surface area contributed by atoms with E-state index in [1.807, 2.05) is 13.8 Å². The van der Waals surface area contributed by atoms with Crippen molar-refractivity contribution in [2.45, 2.75) is 64.6 Å². The number of carbonyl (C=O) groups is 1. The van der Waals surface area contributed by atoms with E-state index >= 15 is 0 Å². The predicted molar refractivity (Wildman–Crippen MR) is 82.6 cm³/mol. The van der Waals surface area contributed by atoms with Gasteiger partial charge in [-0.2, -0.15) is 0 Å². The number of nitrogens with one attached hydrogen (secondary N) is 2. The molecule has 1 aliphatic rings. The first-order chi connectivity index (χ1) is 9.61. The molecule has 3 heteroatoms. The van der Waals surface area contributed by atoms with Gasteiger partial charge in [-0.25, -0.2) is 0 Å². The van der Waals surface area contributed by atoms with Crippen LogP contribution in [0.1, 0.15) is 57.2 Å². The number of rotatable bonds is 5. The van der Waals surface area contributed by atoms with Crippen molar-refractivity contribution >= 4 is 5.91 Å². The van der Waals surface area contributed by atoms with E-state index in [0.29, 0.717) is 6.04 Å². The second-order valence-corrected chi connectivity index (χ2v) is 5.85. The van der Waals surface area contributed by atoms with Crippen molar-refractivity contribution in [3.05, 3.63) is 35.4 Å². The van der Waals surface area contributed by atoms with Gasteiger partial charge in [-0.3, -0.25) is 10.1 Å². The van der Waals surface area contributed by atoms with Gasteiger partial charge in [0, 0.05) is 12.1 Å². The molecule has 2 rings (SSSR count). The Kier molecular flexibility index (Phi) is 5.18. The Morgan fingerprint density at radius 2 is 2.10 bits per heavy atom. The monoisotopic (exact) mass is 274 g/mol. The minimum absolute atomic E-state index is 0.0994. The molecule has 0 saturated heterocycles. The summed E-state index contributed by atoms with van der Waals surface area (Å²) in [6.45, 7) is 6.08. The van der Waals surface area contributed by atoms with E-state index < -0.39 is 0 Å². The highest BCUT2D eigenvalue weighted by Crippen LogP contribution is 2.29. The van der Waals surface area contributed by atoms with E-state index in [-0.39, 0.29) is 18.0 Å².